The third kappa shape index (κ3) is 3.35. The van der Waals surface area contributed by atoms with Crippen LogP contribution in [0.3, 0.4) is 0 Å². The largest absolute Gasteiger partial charge is 0.388 e. The predicted octanol–water partition coefficient (Wildman–Crippen LogP) is 3.04. The molecule has 0 spiro atoms. The second kappa shape index (κ2) is 6.10. The number of thioether (sulfide) groups is 1. The molecule has 1 nitrogen and oxygen atoms in total. The Labute approximate surface area is 90.5 Å². The van der Waals surface area contributed by atoms with Crippen molar-refractivity contribution in [2.45, 2.75) is 25.9 Å². The zero-order valence-electron chi connectivity index (χ0n) is 8.86. The highest BCUT2D eigenvalue weighted by Gasteiger charge is 2.05. The van der Waals surface area contributed by atoms with Gasteiger partial charge in [-0.05, 0) is 36.0 Å². The van der Waals surface area contributed by atoms with Crippen LogP contribution < -0.4 is 0 Å². The van der Waals surface area contributed by atoms with E-state index in [1.165, 1.54) is 5.56 Å². The molecule has 0 amide bonds. The Morgan fingerprint density at radius 1 is 1.29 bits per heavy atom. The van der Waals surface area contributed by atoms with Crippen LogP contribution in [0.5, 0.6) is 0 Å². The number of aliphatic hydroxyl groups excluding tert-OH is 1. The van der Waals surface area contributed by atoms with Gasteiger partial charge in [-0.2, -0.15) is 11.8 Å². The summed E-state index contributed by atoms with van der Waals surface area (Å²) in [6.07, 6.45) is 3.66. The number of hydrogen-bond acceptors (Lipinski definition) is 2. The van der Waals surface area contributed by atoms with Gasteiger partial charge in [-0.25, -0.2) is 0 Å². The molecule has 0 saturated heterocycles. The Morgan fingerprint density at radius 2 is 1.93 bits per heavy atom. The molecule has 1 unspecified atom stereocenters. The second-order valence-corrected chi connectivity index (χ2v) is 4.38. The van der Waals surface area contributed by atoms with Crippen molar-refractivity contribution in [3.8, 4) is 0 Å². The zero-order valence-corrected chi connectivity index (χ0v) is 9.68. The molecule has 0 aliphatic rings. The van der Waals surface area contributed by atoms with Crippen LogP contribution in [0.2, 0.25) is 0 Å². The smallest absolute Gasteiger partial charge is 0.0797 e. The average molecular weight is 210 g/mol. The normalized spacial score (nSPS) is 12.8. The molecular weight excluding hydrogens is 192 g/mol. The van der Waals surface area contributed by atoms with E-state index in [2.05, 4.69) is 25.3 Å². The van der Waals surface area contributed by atoms with E-state index in [0.717, 1.165) is 24.2 Å². The van der Waals surface area contributed by atoms with Gasteiger partial charge in [0.1, 0.15) is 0 Å². The first kappa shape index (κ1) is 11.6. The molecular formula is C12H18OS. The van der Waals surface area contributed by atoms with Crippen molar-refractivity contribution in [2.75, 3.05) is 12.0 Å². The van der Waals surface area contributed by atoms with Crippen LogP contribution in [-0.2, 0) is 6.42 Å². The van der Waals surface area contributed by atoms with E-state index < -0.39 is 0 Å². The summed E-state index contributed by atoms with van der Waals surface area (Å²) in [6.45, 7) is 2.14. The van der Waals surface area contributed by atoms with Crippen molar-refractivity contribution >= 4 is 11.8 Å². The Morgan fingerprint density at radius 3 is 2.43 bits per heavy atom. The van der Waals surface area contributed by atoms with E-state index in [4.69, 9.17) is 0 Å². The van der Waals surface area contributed by atoms with E-state index in [0.29, 0.717) is 0 Å². The highest BCUT2D eigenvalue weighted by Crippen LogP contribution is 2.18. The Hall–Kier alpha value is -0.470. The molecule has 0 aliphatic carbocycles. The molecule has 1 rings (SSSR count). The minimum Gasteiger partial charge on any atom is -0.388 e. The fourth-order valence-corrected chi connectivity index (χ4v) is 1.83. The van der Waals surface area contributed by atoms with E-state index >= 15 is 0 Å². The lowest BCUT2D eigenvalue weighted by atomic mass is 10.0. The van der Waals surface area contributed by atoms with Gasteiger partial charge in [0, 0.05) is 0 Å². The lowest BCUT2D eigenvalue weighted by Gasteiger charge is -2.10. The maximum Gasteiger partial charge on any atom is 0.0797 e. The van der Waals surface area contributed by atoms with Gasteiger partial charge in [0.05, 0.1) is 6.10 Å². The van der Waals surface area contributed by atoms with Gasteiger partial charge in [-0.3, -0.25) is 0 Å². The summed E-state index contributed by atoms with van der Waals surface area (Å²) in [7, 11) is 0. The van der Waals surface area contributed by atoms with Crippen LogP contribution in [0.1, 0.15) is 30.6 Å². The molecule has 1 atom stereocenters. The molecule has 0 saturated carbocycles. The second-order valence-electron chi connectivity index (χ2n) is 3.39. The van der Waals surface area contributed by atoms with E-state index in [1.807, 2.05) is 12.1 Å². The summed E-state index contributed by atoms with van der Waals surface area (Å²) < 4.78 is 0. The van der Waals surface area contributed by atoms with E-state index in [1.54, 1.807) is 11.8 Å². The molecule has 14 heavy (non-hydrogen) atoms. The highest BCUT2D eigenvalue weighted by molar-refractivity contribution is 7.98. The maximum atomic E-state index is 9.80. The minimum atomic E-state index is -0.298. The molecule has 0 fully saturated rings. The van der Waals surface area contributed by atoms with E-state index in [-0.39, 0.29) is 6.10 Å². The van der Waals surface area contributed by atoms with Gasteiger partial charge < -0.3 is 5.11 Å². The molecule has 78 valence electrons. The van der Waals surface area contributed by atoms with Crippen LogP contribution in [0.25, 0.3) is 0 Å². The first-order valence-electron chi connectivity index (χ1n) is 5.03. The zero-order chi connectivity index (χ0) is 10.4. The fraction of sp³-hybridized carbons (Fsp3) is 0.500. The molecule has 0 bridgehead atoms. The topological polar surface area (TPSA) is 20.2 Å². The number of rotatable bonds is 5. The first-order valence-corrected chi connectivity index (χ1v) is 6.43. The SMILES string of the molecule is CCc1ccc(C(O)CCSC)cc1. The Kier molecular flexibility index (Phi) is 5.05. The lowest BCUT2D eigenvalue weighted by molar-refractivity contribution is 0.175. The van der Waals surface area contributed by atoms with Crippen molar-refractivity contribution < 1.29 is 5.11 Å². The summed E-state index contributed by atoms with van der Waals surface area (Å²) in [4.78, 5) is 0. The minimum absolute atomic E-state index is 0.298. The van der Waals surface area contributed by atoms with Gasteiger partial charge in [0.2, 0.25) is 0 Å². The van der Waals surface area contributed by atoms with Crippen molar-refractivity contribution in [3.63, 3.8) is 0 Å². The quantitative estimate of drug-likeness (QED) is 0.806. The van der Waals surface area contributed by atoms with Crippen LogP contribution in [0, 0.1) is 0 Å². The Balaban J connectivity index is 2.57. The third-order valence-electron chi connectivity index (χ3n) is 2.37. The van der Waals surface area contributed by atoms with Crippen LogP contribution in [0.4, 0.5) is 0 Å². The molecule has 1 aromatic carbocycles. The van der Waals surface area contributed by atoms with Crippen molar-refractivity contribution in [1.29, 1.82) is 0 Å². The van der Waals surface area contributed by atoms with Gasteiger partial charge in [0.15, 0.2) is 0 Å². The molecule has 1 N–H and O–H groups in total. The van der Waals surface area contributed by atoms with Gasteiger partial charge >= 0.3 is 0 Å². The third-order valence-corrected chi connectivity index (χ3v) is 3.01. The van der Waals surface area contributed by atoms with Crippen LogP contribution in [0.15, 0.2) is 24.3 Å². The summed E-state index contributed by atoms with van der Waals surface area (Å²) >= 11 is 1.77. The molecule has 0 aromatic heterocycles. The van der Waals surface area contributed by atoms with Crippen LogP contribution >= 0.6 is 11.8 Å². The highest BCUT2D eigenvalue weighted by atomic mass is 32.2. The number of benzene rings is 1. The summed E-state index contributed by atoms with van der Waals surface area (Å²) in [5, 5.41) is 9.80. The van der Waals surface area contributed by atoms with Crippen LogP contribution in [-0.4, -0.2) is 17.1 Å². The number of hydrogen-bond donors (Lipinski definition) is 1. The lowest BCUT2D eigenvalue weighted by Crippen LogP contribution is -1.98. The molecule has 1 aromatic rings. The van der Waals surface area contributed by atoms with E-state index in [9.17, 15) is 5.11 Å². The molecule has 2 heteroatoms. The standard InChI is InChI=1S/C12H18OS/c1-3-10-4-6-11(7-5-10)12(13)8-9-14-2/h4-7,12-13H,3,8-9H2,1-2H3. The van der Waals surface area contributed by atoms with Crippen molar-refractivity contribution in [2.24, 2.45) is 0 Å². The summed E-state index contributed by atoms with van der Waals surface area (Å²) in [6, 6.07) is 8.25. The summed E-state index contributed by atoms with van der Waals surface area (Å²) in [5.41, 5.74) is 2.36. The molecule has 0 aliphatic heterocycles. The van der Waals surface area contributed by atoms with Gasteiger partial charge in [-0.15, -0.1) is 0 Å². The number of aliphatic hydroxyl groups is 1. The van der Waals surface area contributed by atoms with Gasteiger partial charge in [-0.1, -0.05) is 31.2 Å². The summed E-state index contributed by atoms with van der Waals surface area (Å²) in [5.74, 6) is 1.01. The molecule has 0 heterocycles. The monoisotopic (exact) mass is 210 g/mol. The fourth-order valence-electron chi connectivity index (χ4n) is 1.37. The maximum absolute atomic E-state index is 9.80. The molecule has 0 radical (unpaired) electrons. The Bertz CT molecular complexity index is 256. The predicted molar refractivity (Wildman–Crippen MR) is 63.8 cm³/mol. The average Bonchev–Trinajstić information content (AvgIpc) is 2.26. The van der Waals surface area contributed by atoms with Crippen molar-refractivity contribution in [1.82, 2.24) is 0 Å². The first-order chi connectivity index (χ1) is 6.77. The number of aryl methyl sites for hydroxylation is 1. The van der Waals surface area contributed by atoms with Gasteiger partial charge in [0.25, 0.3) is 0 Å². The van der Waals surface area contributed by atoms with Crippen molar-refractivity contribution in [3.05, 3.63) is 35.4 Å².